The predicted molar refractivity (Wildman–Crippen MR) is 132 cm³/mol. The molecule has 4 heterocycles. The number of aromatic nitrogens is 2. The molecule has 4 unspecified atom stereocenters. The van der Waals surface area contributed by atoms with Gasteiger partial charge in [-0.1, -0.05) is 36.4 Å². The number of nitrogens with zero attached hydrogens (tertiary/aromatic N) is 2. The molecule has 4 N–H and O–H groups in total. The van der Waals surface area contributed by atoms with Gasteiger partial charge in [-0.05, 0) is 42.5 Å². The zero-order valence-corrected chi connectivity index (χ0v) is 19.5. The minimum atomic E-state index is -1.17. The van der Waals surface area contributed by atoms with Gasteiger partial charge in [0.15, 0.2) is 6.73 Å². The molecule has 4 atom stereocenters. The van der Waals surface area contributed by atoms with Crippen LogP contribution in [-0.4, -0.2) is 50.4 Å². The summed E-state index contributed by atoms with van der Waals surface area (Å²) in [7, 11) is 0. The Kier molecular flexibility index (Phi) is 5.16. The van der Waals surface area contributed by atoms with Crippen molar-refractivity contribution in [1.29, 1.82) is 0 Å². The number of nitrogens with one attached hydrogen (secondary N) is 1. The minimum Gasteiger partial charge on any atom is -0.443 e. The normalized spacial score (nSPS) is 22.8. The molecule has 4 aromatic rings. The van der Waals surface area contributed by atoms with Crippen LogP contribution >= 0.6 is 0 Å². The van der Waals surface area contributed by atoms with E-state index in [4.69, 9.17) is 10.5 Å². The van der Waals surface area contributed by atoms with Crippen molar-refractivity contribution in [2.45, 2.75) is 50.4 Å². The summed E-state index contributed by atoms with van der Waals surface area (Å²) in [4.78, 5) is 30.5. The number of nitrogens with two attached hydrogens (primary N) is 1. The fourth-order valence-corrected chi connectivity index (χ4v) is 5.80. The molecular formula is C27H28N4O4. The fraction of sp³-hybridized carbons (Fsp3) is 0.333. The van der Waals surface area contributed by atoms with Crippen LogP contribution in [0, 0.1) is 0 Å². The molecule has 180 valence electrons. The number of H-pyrrole nitrogens is 1. The Hall–Kier alpha value is -3.62. The Morgan fingerprint density at radius 1 is 1.20 bits per heavy atom. The third kappa shape index (κ3) is 3.36. The highest BCUT2D eigenvalue weighted by Crippen LogP contribution is 2.48. The molecule has 6 rings (SSSR count). The highest BCUT2D eigenvalue weighted by molar-refractivity contribution is 5.97. The summed E-state index contributed by atoms with van der Waals surface area (Å²) in [5, 5.41) is 13.5. The van der Waals surface area contributed by atoms with E-state index in [0.29, 0.717) is 0 Å². The number of carbonyl (C=O) groups excluding carboxylic acids is 2. The molecule has 2 aliphatic rings. The second-order valence-corrected chi connectivity index (χ2v) is 9.59. The number of aromatic amines is 1. The van der Waals surface area contributed by atoms with Gasteiger partial charge in [-0.2, -0.15) is 0 Å². The van der Waals surface area contributed by atoms with Crippen molar-refractivity contribution in [3.63, 3.8) is 0 Å². The standard InChI is InChI=1S/C27H28N4O4/c1-15(28)27(34)35-14-31-25(32)22(19-12-29-21-10-3-2-8-17(19)21)23(26(31)33)20-13-30-11-5-7-16-6-4-9-18(20)24(16)30/h2-4,6,8-10,12-13,15,22-23,25,29,32H,5,7,11,14,28H2,1H3. The van der Waals surface area contributed by atoms with Gasteiger partial charge >= 0.3 is 5.97 Å². The van der Waals surface area contributed by atoms with E-state index in [-0.39, 0.29) is 12.6 Å². The number of aryl methyl sites for hydroxylation is 2. The Balaban J connectivity index is 1.49. The largest absolute Gasteiger partial charge is 0.443 e. The first-order valence-corrected chi connectivity index (χ1v) is 12.0. The predicted octanol–water partition coefficient (Wildman–Crippen LogP) is 2.94. The van der Waals surface area contributed by atoms with Crippen molar-refractivity contribution in [3.8, 4) is 0 Å². The van der Waals surface area contributed by atoms with Gasteiger partial charge in [0.1, 0.15) is 12.3 Å². The van der Waals surface area contributed by atoms with E-state index in [9.17, 15) is 14.7 Å². The highest BCUT2D eigenvalue weighted by atomic mass is 16.5. The van der Waals surface area contributed by atoms with Crippen LogP contribution in [0.1, 0.15) is 41.9 Å². The number of amides is 1. The van der Waals surface area contributed by atoms with Crippen molar-refractivity contribution < 1.29 is 19.4 Å². The van der Waals surface area contributed by atoms with Crippen molar-refractivity contribution in [1.82, 2.24) is 14.5 Å². The van der Waals surface area contributed by atoms with Gasteiger partial charge in [0.05, 0.1) is 11.4 Å². The van der Waals surface area contributed by atoms with E-state index < -0.39 is 30.1 Å². The van der Waals surface area contributed by atoms with E-state index >= 15 is 0 Å². The molecule has 0 bridgehead atoms. The van der Waals surface area contributed by atoms with Gasteiger partial charge in [-0.15, -0.1) is 0 Å². The molecule has 35 heavy (non-hydrogen) atoms. The molecule has 0 saturated carbocycles. The summed E-state index contributed by atoms with van der Waals surface area (Å²) < 4.78 is 7.51. The SMILES string of the molecule is CC(N)C(=O)OCN1C(=O)C(c2cn3c4c(cccc24)CCC3)C(c2c[nH]c3ccccc23)C1O. The molecular weight excluding hydrogens is 444 g/mol. The number of rotatable bonds is 5. The second kappa shape index (κ2) is 8.25. The zero-order valence-electron chi connectivity index (χ0n) is 19.5. The zero-order chi connectivity index (χ0) is 24.3. The van der Waals surface area contributed by atoms with Crippen LogP contribution in [0.25, 0.3) is 21.8 Å². The smallest absolute Gasteiger partial charge is 0.324 e. The third-order valence-corrected chi connectivity index (χ3v) is 7.44. The summed E-state index contributed by atoms with van der Waals surface area (Å²) >= 11 is 0. The summed E-state index contributed by atoms with van der Waals surface area (Å²) in [5.74, 6) is -2.07. The first kappa shape index (κ1) is 21.9. The first-order valence-electron chi connectivity index (χ1n) is 12.0. The molecule has 0 spiro atoms. The molecule has 8 nitrogen and oxygen atoms in total. The van der Waals surface area contributed by atoms with E-state index in [2.05, 4.69) is 27.9 Å². The minimum absolute atomic E-state index is 0.269. The summed E-state index contributed by atoms with van der Waals surface area (Å²) in [5.41, 5.74) is 10.8. The number of benzene rings is 2. The molecule has 0 aliphatic carbocycles. The quantitative estimate of drug-likeness (QED) is 0.387. The van der Waals surface area contributed by atoms with Crippen molar-refractivity contribution in [2.24, 2.45) is 5.73 Å². The van der Waals surface area contributed by atoms with E-state index in [1.807, 2.05) is 36.5 Å². The van der Waals surface area contributed by atoms with Crippen molar-refractivity contribution in [3.05, 3.63) is 71.5 Å². The molecule has 2 aliphatic heterocycles. The maximum absolute atomic E-state index is 13.9. The Morgan fingerprint density at radius 3 is 2.83 bits per heavy atom. The number of para-hydroxylation sites is 2. The number of ether oxygens (including phenoxy) is 1. The Labute approximate surface area is 202 Å². The van der Waals surface area contributed by atoms with Gasteiger partial charge in [-0.25, -0.2) is 0 Å². The van der Waals surface area contributed by atoms with Crippen LogP contribution in [0.3, 0.4) is 0 Å². The lowest BCUT2D eigenvalue weighted by Crippen LogP contribution is -2.39. The van der Waals surface area contributed by atoms with Gasteiger partial charge in [0, 0.05) is 41.1 Å². The van der Waals surface area contributed by atoms with E-state index in [0.717, 1.165) is 52.3 Å². The maximum atomic E-state index is 13.9. The topological polar surface area (TPSA) is 114 Å². The number of carbonyl (C=O) groups is 2. The number of esters is 1. The highest BCUT2D eigenvalue weighted by Gasteiger charge is 2.51. The monoisotopic (exact) mass is 472 g/mol. The van der Waals surface area contributed by atoms with Crippen LogP contribution in [0.4, 0.5) is 0 Å². The average molecular weight is 473 g/mol. The number of fused-ring (bicyclic) bond motifs is 1. The molecule has 2 aromatic heterocycles. The lowest BCUT2D eigenvalue weighted by atomic mass is 9.82. The molecule has 1 fully saturated rings. The first-order chi connectivity index (χ1) is 17.0. The molecule has 2 aromatic carbocycles. The van der Waals surface area contributed by atoms with Crippen LogP contribution in [0.5, 0.6) is 0 Å². The van der Waals surface area contributed by atoms with Crippen LogP contribution < -0.4 is 5.73 Å². The van der Waals surface area contributed by atoms with Crippen LogP contribution in [-0.2, 0) is 27.3 Å². The molecule has 0 radical (unpaired) electrons. The van der Waals surface area contributed by atoms with Crippen molar-refractivity contribution >= 4 is 33.7 Å². The van der Waals surface area contributed by atoms with Gasteiger partial charge in [0.25, 0.3) is 0 Å². The lowest BCUT2D eigenvalue weighted by molar-refractivity contribution is -0.158. The fourth-order valence-electron chi connectivity index (χ4n) is 5.80. The van der Waals surface area contributed by atoms with E-state index in [1.54, 1.807) is 0 Å². The van der Waals surface area contributed by atoms with Gasteiger partial charge in [0.2, 0.25) is 5.91 Å². The van der Waals surface area contributed by atoms with Crippen LogP contribution in [0.15, 0.2) is 54.9 Å². The number of aliphatic hydroxyl groups is 1. The molecule has 1 saturated heterocycles. The summed E-state index contributed by atoms with van der Waals surface area (Å²) in [6, 6.07) is 13.3. The van der Waals surface area contributed by atoms with Crippen molar-refractivity contribution in [2.75, 3.05) is 6.73 Å². The summed E-state index contributed by atoms with van der Waals surface area (Å²) in [6.07, 6.45) is 4.83. The number of likely N-dealkylation sites (tertiary alicyclic amines) is 1. The number of hydrogen-bond acceptors (Lipinski definition) is 5. The maximum Gasteiger partial charge on any atom is 0.324 e. The average Bonchev–Trinajstić information content (AvgIpc) is 3.51. The van der Waals surface area contributed by atoms with Gasteiger partial charge < -0.3 is 25.1 Å². The van der Waals surface area contributed by atoms with Gasteiger partial charge in [-0.3, -0.25) is 14.5 Å². The second-order valence-electron chi connectivity index (χ2n) is 9.59. The van der Waals surface area contributed by atoms with E-state index in [1.165, 1.54) is 17.4 Å². The van der Waals surface area contributed by atoms with Crippen LogP contribution in [0.2, 0.25) is 0 Å². The molecule has 8 heteroatoms. The summed E-state index contributed by atoms with van der Waals surface area (Å²) in [6.45, 7) is 2.07. The third-order valence-electron chi connectivity index (χ3n) is 7.44. The Bertz CT molecular complexity index is 1450. The molecule has 1 amide bonds. The Morgan fingerprint density at radius 2 is 2.00 bits per heavy atom. The lowest BCUT2D eigenvalue weighted by Gasteiger charge is -2.23. The number of aliphatic hydroxyl groups excluding tert-OH is 1. The number of hydrogen-bond donors (Lipinski definition) is 3.